The number of hydrogen-bond donors (Lipinski definition) is 1. The zero-order chi connectivity index (χ0) is 20.1. The van der Waals surface area contributed by atoms with E-state index in [0.717, 1.165) is 37.6 Å². The summed E-state index contributed by atoms with van der Waals surface area (Å²) in [5.74, 6) is 0.671. The average Bonchev–Trinajstić information content (AvgIpc) is 2.70. The number of para-hydroxylation sites is 2. The van der Waals surface area contributed by atoms with Crippen molar-refractivity contribution in [3.05, 3.63) is 58.1 Å². The van der Waals surface area contributed by atoms with Crippen LogP contribution < -0.4 is 15.0 Å². The molecule has 8 heteroatoms. The maximum absolute atomic E-state index is 12.4. The van der Waals surface area contributed by atoms with Crippen LogP contribution in [0, 0.1) is 17.0 Å². The van der Waals surface area contributed by atoms with Gasteiger partial charge in [0.2, 0.25) is 5.91 Å². The predicted molar refractivity (Wildman–Crippen MR) is 108 cm³/mol. The van der Waals surface area contributed by atoms with Gasteiger partial charge in [0, 0.05) is 32.2 Å². The first-order valence-corrected chi connectivity index (χ1v) is 9.13. The summed E-state index contributed by atoms with van der Waals surface area (Å²) in [4.78, 5) is 27.3. The third-order valence-corrected chi connectivity index (χ3v) is 4.94. The molecule has 2 aromatic carbocycles. The third-order valence-electron chi connectivity index (χ3n) is 4.94. The van der Waals surface area contributed by atoms with E-state index in [1.165, 1.54) is 6.07 Å². The van der Waals surface area contributed by atoms with Crippen LogP contribution in [0.15, 0.2) is 42.5 Å². The predicted octanol–water partition coefficient (Wildman–Crippen LogP) is 2.67. The normalized spacial score (nSPS) is 14.6. The molecule has 148 valence electrons. The minimum atomic E-state index is -0.442. The molecule has 1 amide bonds. The fourth-order valence-corrected chi connectivity index (χ4v) is 3.39. The van der Waals surface area contributed by atoms with Gasteiger partial charge in [-0.15, -0.1) is 0 Å². The van der Waals surface area contributed by atoms with Crippen LogP contribution in [-0.4, -0.2) is 55.6 Å². The first-order valence-electron chi connectivity index (χ1n) is 9.13. The number of nitrogens with one attached hydrogen (secondary N) is 1. The van der Waals surface area contributed by atoms with E-state index in [-0.39, 0.29) is 18.1 Å². The molecule has 1 saturated heterocycles. The van der Waals surface area contributed by atoms with E-state index in [2.05, 4.69) is 15.1 Å². The number of hydrogen-bond acceptors (Lipinski definition) is 6. The van der Waals surface area contributed by atoms with Crippen molar-refractivity contribution >= 4 is 23.0 Å². The molecule has 0 unspecified atom stereocenters. The van der Waals surface area contributed by atoms with Crippen molar-refractivity contribution in [1.82, 2.24) is 4.90 Å². The highest BCUT2D eigenvalue weighted by atomic mass is 16.6. The summed E-state index contributed by atoms with van der Waals surface area (Å²) in [6, 6.07) is 12.6. The Hall–Kier alpha value is -3.13. The second-order valence-corrected chi connectivity index (χ2v) is 6.69. The second kappa shape index (κ2) is 8.71. The number of nitrogens with zero attached hydrogens (tertiary/aromatic N) is 3. The lowest BCUT2D eigenvalue weighted by molar-refractivity contribution is -0.385. The van der Waals surface area contributed by atoms with Crippen molar-refractivity contribution in [1.29, 1.82) is 0 Å². The van der Waals surface area contributed by atoms with Gasteiger partial charge in [-0.25, -0.2) is 0 Å². The number of amides is 1. The zero-order valence-electron chi connectivity index (χ0n) is 16.1. The quantitative estimate of drug-likeness (QED) is 0.609. The summed E-state index contributed by atoms with van der Waals surface area (Å²) in [5.41, 5.74) is 2.00. The minimum absolute atomic E-state index is 0.00298. The van der Waals surface area contributed by atoms with Gasteiger partial charge < -0.3 is 15.0 Å². The van der Waals surface area contributed by atoms with Crippen LogP contribution in [0.5, 0.6) is 5.75 Å². The van der Waals surface area contributed by atoms with Gasteiger partial charge in [0.25, 0.3) is 5.69 Å². The monoisotopic (exact) mass is 384 g/mol. The first-order chi connectivity index (χ1) is 13.5. The maximum atomic E-state index is 12.4. The van der Waals surface area contributed by atoms with Gasteiger partial charge in [0.15, 0.2) is 0 Å². The molecule has 0 spiro atoms. The van der Waals surface area contributed by atoms with E-state index in [1.807, 2.05) is 24.3 Å². The van der Waals surface area contributed by atoms with Gasteiger partial charge in [-0.05, 0) is 25.1 Å². The van der Waals surface area contributed by atoms with Crippen LogP contribution in [0.1, 0.15) is 5.56 Å². The van der Waals surface area contributed by atoms with Crippen LogP contribution in [0.2, 0.25) is 0 Å². The summed E-state index contributed by atoms with van der Waals surface area (Å²) in [6.45, 7) is 4.98. The summed E-state index contributed by atoms with van der Waals surface area (Å²) >= 11 is 0. The SMILES string of the molecule is COc1ccccc1N1CCN(CC(=O)Nc2cccc([N+](=O)[O-])c2C)CC1. The average molecular weight is 384 g/mol. The number of nitro groups is 1. The summed E-state index contributed by atoms with van der Waals surface area (Å²) in [5, 5.41) is 13.8. The smallest absolute Gasteiger partial charge is 0.274 e. The number of carbonyl (C=O) groups is 1. The molecule has 0 bridgehead atoms. The van der Waals surface area contributed by atoms with Crippen molar-refractivity contribution < 1.29 is 14.5 Å². The van der Waals surface area contributed by atoms with Crippen molar-refractivity contribution in [2.75, 3.05) is 50.1 Å². The molecule has 2 aromatic rings. The van der Waals surface area contributed by atoms with Crippen LogP contribution in [-0.2, 0) is 4.79 Å². The third kappa shape index (κ3) is 4.40. The lowest BCUT2D eigenvalue weighted by Gasteiger charge is -2.36. The highest BCUT2D eigenvalue weighted by Crippen LogP contribution is 2.28. The number of benzene rings is 2. The lowest BCUT2D eigenvalue weighted by Crippen LogP contribution is -2.48. The molecule has 1 aliphatic heterocycles. The summed E-state index contributed by atoms with van der Waals surface area (Å²) < 4.78 is 5.43. The Bertz CT molecular complexity index is 863. The van der Waals surface area contributed by atoms with Gasteiger partial charge in [-0.3, -0.25) is 19.8 Å². The van der Waals surface area contributed by atoms with E-state index in [4.69, 9.17) is 4.74 Å². The Morgan fingerprint density at radius 3 is 2.54 bits per heavy atom. The van der Waals surface area contributed by atoms with Crippen molar-refractivity contribution in [2.24, 2.45) is 0 Å². The fourth-order valence-electron chi connectivity index (χ4n) is 3.39. The van der Waals surface area contributed by atoms with Crippen molar-refractivity contribution in [2.45, 2.75) is 6.92 Å². The zero-order valence-corrected chi connectivity index (χ0v) is 16.1. The topological polar surface area (TPSA) is 88.0 Å². The van der Waals surface area contributed by atoms with E-state index in [1.54, 1.807) is 26.2 Å². The van der Waals surface area contributed by atoms with Gasteiger partial charge in [-0.1, -0.05) is 18.2 Å². The lowest BCUT2D eigenvalue weighted by atomic mass is 10.1. The first kappa shape index (κ1) is 19.6. The molecule has 0 saturated carbocycles. The van der Waals surface area contributed by atoms with Crippen molar-refractivity contribution in [3.63, 3.8) is 0 Å². The molecule has 1 N–H and O–H groups in total. The van der Waals surface area contributed by atoms with E-state index in [9.17, 15) is 14.9 Å². The Labute approximate surface area is 163 Å². The van der Waals surface area contributed by atoms with Crippen molar-refractivity contribution in [3.8, 4) is 5.75 Å². The molecule has 8 nitrogen and oxygen atoms in total. The number of ether oxygens (including phenoxy) is 1. The Morgan fingerprint density at radius 1 is 1.14 bits per heavy atom. The van der Waals surface area contributed by atoms with Gasteiger partial charge in [-0.2, -0.15) is 0 Å². The number of piperazine rings is 1. The molecule has 0 atom stereocenters. The molecule has 0 radical (unpaired) electrons. The molecular weight excluding hydrogens is 360 g/mol. The standard InChI is InChI=1S/C20H24N4O4/c1-15-16(6-5-8-17(15)24(26)27)21-20(25)14-22-10-12-23(13-11-22)18-7-3-4-9-19(18)28-2/h3-9H,10-14H2,1-2H3,(H,21,25). The minimum Gasteiger partial charge on any atom is -0.495 e. The van der Waals surface area contributed by atoms with E-state index < -0.39 is 4.92 Å². The maximum Gasteiger partial charge on any atom is 0.274 e. The second-order valence-electron chi connectivity index (χ2n) is 6.69. The van der Waals surface area contributed by atoms with Gasteiger partial charge in [0.1, 0.15) is 5.75 Å². The molecule has 1 fully saturated rings. The highest BCUT2D eigenvalue weighted by molar-refractivity contribution is 5.93. The van der Waals surface area contributed by atoms with Crippen LogP contribution in [0.25, 0.3) is 0 Å². The molecule has 0 aliphatic carbocycles. The molecule has 1 heterocycles. The molecule has 1 aliphatic rings. The number of carbonyl (C=O) groups excluding carboxylic acids is 1. The van der Waals surface area contributed by atoms with Crippen LogP contribution in [0.3, 0.4) is 0 Å². The number of anilines is 2. The van der Waals surface area contributed by atoms with Crippen LogP contribution in [0.4, 0.5) is 17.1 Å². The number of methoxy groups -OCH3 is 1. The molecule has 3 rings (SSSR count). The number of nitro benzene ring substituents is 1. The van der Waals surface area contributed by atoms with Gasteiger partial charge in [0.05, 0.1) is 35.5 Å². The van der Waals surface area contributed by atoms with E-state index >= 15 is 0 Å². The Balaban J connectivity index is 1.56. The van der Waals surface area contributed by atoms with Gasteiger partial charge >= 0.3 is 0 Å². The Morgan fingerprint density at radius 2 is 1.86 bits per heavy atom. The highest BCUT2D eigenvalue weighted by Gasteiger charge is 2.22. The molecule has 28 heavy (non-hydrogen) atoms. The Kier molecular flexibility index (Phi) is 6.10. The van der Waals surface area contributed by atoms with Crippen LogP contribution >= 0.6 is 0 Å². The largest absolute Gasteiger partial charge is 0.495 e. The summed E-state index contributed by atoms with van der Waals surface area (Å²) in [7, 11) is 1.66. The number of rotatable bonds is 6. The summed E-state index contributed by atoms with van der Waals surface area (Å²) in [6.07, 6.45) is 0. The van der Waals surface area contributed by atoms with E-state index in [0.29, 0.717) is 11.3 Å². The fraction of sp³-hybridized carbons (Fsp3) is 0.350. The molecule has 0 aromatic heterocycles. The molecular formula is C20H24N4O4.